The van der Waals surface area contributed by atoms with E-state index in [0.717, 1.165) is 32.2 Å². The maximum atomic E-state index is 12.4. The second-order valence-electron chi connectivity index (χ2n) is 5.32. The molecule has 0 radical (unpaired) electrons. The van der Waals surface area contributed by atoms with Gasteiger partial charge in [0.2, 0.25) is 0 Å². The van der Waals surface area contributed by atoms with Crippen LogP contribution in [0.15, 0.2) is 0 Å². The zero-order chi connectivity index (χ0) is 13.5. The predicted molar refractivity (Wildman–Crippen MR) is 80.6 cm³/mol. The van der Waals surface area contributed by atoms with E-state index < -0.39 is 0 Å². The maximum Gasteiger partial charge on any atom is 0.251 e. The van der Waals surface area contributed by atoms with E-state index in [9.17, 15) is 4.79 Å². The molecule has 0 aromatic rings. The van der Waals surface area contributed by atoms with E-state index in [0.29, 0.717) is 6.61 Å². The number of unbranched alkanes of at least 4 members (excludes halogenated alkanes) is 1. The molecule has 0 spiro atoms. The molecule has 3 unspecified atom stereocenters. The number of nitrogens with zero attached hydrogens (tertiary/aromatic N) is 1. The van der Waals surface area contributed by atoms with Crippen molar-refractivity contribution < 1.29 is 9.53 Å². The fraction of sp³-hybridized carbons (Fsp3) is 0.929. The molecule has 5 heteroatoms. The van der Waals surface area contributed by atoms with Crippen LogP contribution in [-0.4, -0.2) is 42.1 Å². The zero-order valence-electron chi connectivity index (χ0n) is 12.4. The first kappa shape index (κ1) is 18.7. The van der Waals surface area contributed by atoms with Crippen molar-refractivity contribution in [2.45, 2.75) is 71.1 Å². The second-order valence-corrected chi connectivity index (χ2v) is 5.32. The molecular weight excluding hydrogens is 264 g/mol. The summed E-state index contributed by atoms with van der Waals surface area (Å²) >= 11 is 0. The highest BCUT2D eigenvalue weighted by molar-refractivity contribution is 5.85. The Morgan fingerprint density at radius 3 is 2.68 bits per heavy atom. The van der Waals surface area contributed by atoms with E-state index in [-0.39, 0.29) is 36.5 Å². The highest BCUT2D eigenvalue weighted by atomic mass is 35.5. The predicted octanol–water partition coefficient (Wildman–Crippen LogP) is 2.34. The Kier molecular flexibility index (Phi) is 9.40. The van der Waals surface area contributed by atoms with Crippen LogP contribution in [0.2, 0.25) is 0 Å². The van der Waals surface area contributed by atoms with E-state index in [1.807, 2.05) is 18.7 Å². The van der Waals surface area contributed by atoms with Crippen LogP contribution >= 0.6 is 12.4 Å². The molecule has 1 amide bonds. The van der Waals surface area contributed by atoms with Crippen molar-refractivity contribution in [2.75, 3.05) is 13.2 Å². The Morgan fingerprint density at radius 2 is 2.11 bits per heavy atom. The van der Waals surface area contributed by atoms with Crippen molar-refractivity contribution in [1.82, 2.24) is 4.90 Å². The van der Waals surface area contributed by atoms with Gasteiger partial charge in [-0.3, -0.25) is 4.79 Å². The van der Waals surface area contributed by atoms with Gasteiger partial charge in [-0.1, -0.05) is 13.3 Å². The van der Waals surface area contributed by atoms with Crippen LogP contribution < -0.4 is 5.73 Å². The highest BCUT2D eigenvalue weighted by Gasteiger charge is 2.31. The average Bonchev–Trinajstić information content (AvgIpc) is 2.38. The van der Waals surface area contributed by atoms with Gasteiger partial charge in [0.15, 0.2) is 0 Å². The first-order valence-corrected chi connectivity index (χ1v) is 7.25. The SMILES string of the molecule is CCCCOC(C)C(=O)N1CCCCC1C(C)N.Cl. The number of halogens is 1. The largest absolute Gasteiger partial charge is 0.369 e. The quantitative estimate of drug-likeness (QED) is 0.765. The molecule has 3 atom stereocenters. The Balaban J connectivity index is 0.00000324. The summed E-state index contributed by atoms with van der Waals surface area (Å²) in [6.45, 7) is 7.45. The number of likely N-dealkylation sites (tertiary alicyclic amines) is 1. The third-order valence-electron chi connectivity index (χ3n) is 3.65. The molecule has 1 aliphatic rings. The van der Waals surface area contributed by atoms with Gasteiger partial charge in [0, 0.05) is 25.2 Å². The topological polar surface area (TPSA) is 55.6 Å². The summed E-state index contributed by atoms with van der Waals surface area (Å²) in [5.41, 5.74) is 5.98. The minimum atomic E-state index is -0.337. The number of carbonyl (C=O) groups is 1. The second kappa shape index (κ2) is 9.56. The van der Waals surface area contributed by atoms with Gasteiger partial charge in [-0.15, -0.1) is 12.4 Å². The van der Waals surface area contributed by atoms with Crippen molar-refractivity contribution in [3.8, 4) is 0 Å². The van der Waals surface area contributed by atoms with Gasteiger partial charge in [0.25, 0.3) is 5.91 Å². The van der Waals surface area contributed by atoms with Gasteiger partial charge in [0.1, 0.15) is 6.10 Å². The van der Waals surface area contributed by atoms with Crippen LogP contribution in [0.1, 0.15) is 52.9 Å². The molecule has 1 fully saturated rings. The molecule has 1 aliphatic heterocycles. The van der Waals surface area contributed by atoms with Gasteiger partial charge < -0.3 is 15.4 Å². The molecule has 0 aliphatic carbocycles. The van der Waals surface area contributed by atoms with Gasteiger partial charge in [-0.25, -0.2) is 0 Å². The molecule has 0 saturated carbocycles. The standard InChI is InChI=1S/C14H28N2O2.ClH/c1-4-5-10-18-12(3)14(17)16-9-7-6-8-13(16)11(2)15;/h11-13H,4-10,15H2,1-3H3;1H. The smallest absolute Gasteiger partial charge is 0.251 e. The maximum absolute atomic E-state index is 12.4. The summed E-state index contributed by atoms with van der Waals surface area (Å²) in [6, 6.07) is 0.223. The number of rotatable bonds is 6. The monoisotopic (exact) mass is 292 g/mol. The number of hydrogen-bond donors (Lipinski definition) is 1. The summed E-state index contributed by atoms with van der Waals surface area (Å²) in [5.74, 6) is 0.105. The Morgan fingerprint density at radius 1 is 1.42 bits per heavy atom. The number of hydrogen-bond acceptors (Lipinski definition) is 3. The molecule has 2 N–H and O–H groups in total. The number of carbonyl (C=O) groups excluding carboxylic acids is 1. The fourth-order valence-electron chi connectivity index (χ4n) is 2.49. The Hall–Kier alpha value is -0.320. The van der Waals surface area contributed by atoms with Crippen molar-refractivity contribution in [1.29, 1.82) is 0 Å². The third kappa shape index (κ3) is 5.67. The molecule has 0 aromatic carbocycles. The van der Waals surface area contributed by atoms with Crippen molar-refractivity contribution >= 4 is 18.3 Å². The van der Waals surface area contributed by atoms with E-state index in [1.54, 1.807) is 0 Å². The summed E-state index contributed by atoms with van der Waals surface area (Å²) in [5, 5.41) is 0. The van der Waals surface area contributed by atoms with Gasteiger partial charge in [-0.2, -0.15) is 0 Å². The van der Waals surface area contributed by atoms with Crippen molar-refractivity contribution in [3.05, 3.63) is 0 Å². The molecule has 19 heavy (non-hydrogen) atoms. The number of nitrogens with two attached hydrogens (primary N) is 1. The van der Waals surface area contributed by atoms with Gasteiger partial charge >= 0.3 is 0 Å². The van der Waals surface area contributed by atoms with Crippen LogP contribution in [-0.2, 0) is 9.53 Å². The lowest BCUT2D eigenvalue weighted by atomic mass is 9.96. The summed E-state index contributed by atoms with van der Waals surface area (Å²) in [4.78, 5) is 14.3. The average molecular weight is 293 g/mol. The Labute approximate surface area is 123 Å². The van der Waals surface area contributed by atoms with Crippen LogP contribution in [0, 0.1) is 0 Å². The van der Waals surface area contributed by atoms with Crippen LogP contribution in [0.4, 0.5) is 0 Å². The van der Waals surface area contributed by atoms with Gasteiger partial charge in [0.05, 0.1) is 0 Å². The number of piperidine rings is 1. The van der Waals surface area contributed by atoms with Crippen LogP contribution in [0.3, 0.4) is 0 Å². The van der Waals surface area contributed by atoms with Crippen LogP contribution in [0.25, 0.3) is 0 Å². The number of ether oxygens (including phenoxy) is 1. The van der Waals surface area contributed by atoms with Gasteiger partial charge in [-0.05, 0) is 39.5 Å². The lowest BCUT2D eigenvalue weighted by Crippen LogP contribution is -2.54. The normalized spacial score (nSPS) is 22.5. The van der Waals surface area contributed by atoms with E-state index in [2.05, 4.69) is 6.92 Å². The van der Waals surface area contributed by atoms with E-state index in [1.165, 1.54) is 6.42 Å². The minimum Gasteiger partial charge on any atom is -0.369 e. The Bertz CT molecular complexity index is 262. The molecular formula is C14H29ClN2O2. The molecule has 1 heterocycles. The first-order chi connectivity index (χ1) is 8.57. The zero-order valence-corrected chi connectivity index (χ0v) is 13.2. The highest BCUT2D eigenvalue weighted by Crippen LogP contribution is 2.20. The molecule has 114 valence electrons. The lowest BCUT2D eigenvalue weighted by molar-refractivity contribution is -0.147. The van der Waals surface area contributed by atoms with E-state index in [4.69, 9.17) is 10.5 Å². The van der Waals surface area contributed by atoms with Crippen LogP contribution in [0.5, 0.6) is 0 Å². The molecule has 0 aromatic heterocycles. The van der Waals surface area contributed by atoms with Crippen molar-refractivity contribution in [3.63, 3.8) is 0 Å². The minimum absolute atomic E-state index is 0. The van der Waals surface area contributed by atoms with Crippen molar-refractivity contribution in [2.24, 2.45) is 5.73 Å². The number of amides is 1. The lowest BCUT2D eigenvalue weighted by Gasteiger charge is -2.39. The molecule has 1 rings (SSSR count). The molecule has 1 saturated heterocycles. The van der Waals surface area contributed by atoms with E-state index >= 15 is 0 Å². The first-order valence-electron chi connectivity index (χ1n) is 7.25. The summed E-state index contributed by atoms with van der Waals surface area (Å²) in [7, 11) is 0. The molecule has 4 nitrogen and oxygen atoms in total. The summed E-state index contributed by atoms with van der Waals surface area (Å²) < 4.78 is 5.59. The third-order valence-corrected chi connectivity index (χ3v) is 3.65. The molecule has 0 bridgehead atoms. The fourth-order valence-corrected chi connectivity index (χ4v) is 2.49. The summed E-state index contributed by atoms with van der Waals surface area (Å²) in [6.07, 6.45) is 5.03.